The second-order valence-corrected chi connectivity index (χ2v) is 3.84. The van der Waals surface area contributed by atoms with Crippen molar-refractivity contribution in [2.75, 3.05) is 0 Å². The van der Waals surface area contributed by atoms with Crippen molar-refractivity contribution in [2.45, 2.75) is 12.8 Å². The summed E-state index contributed by atoms with van der Waals surface area (Å²) in [4.78, 5) is 10.3. The SMILES string of the molecule is O=C(O)CCc1ccc(O)c([131I])c1. The number of hydrogen-bond acceptors (Lipinski definition) is 2. The summed E-state index contributed by atoms with van der Waals surface area (Å²) in [5, 5.41) is 17.6. The van der Waals surface area contributed by atoms with Crippen molar-refractivity contribution in [2.24, 2.45) is 0 Å². The Balaban J connectivity index is 2.68. The average Bonchev–Trinajstić information content (AvgIpc) is 2.07. The van der Waals surface area contributed by atoms with E-state index in [1.165, 1.54) is 0 Å². The summed E-state index contributed by atoms with van der Waals surface area (Å²) >= 11 is 2.01. The van der Waals surface area contributed by atoms with Gasteiger partial charge in [0.1, 0.15) is 5.75 Å². The van der Waals surface area contributed by atoms with Gasteiger partial charge in [-0.05, 0) is 46.7 Å². The number of benzene rings is 1. The summed E-state index contributed by atoms with van der Waals surface area (Å²) in [6.07, 6.45) is 0.631. The number of carboxylic acid groups (broad SMARTS) is 1. The Morgan fingerprint density at radius 2 is 2.15 bits per heavy atom. The molecular weight excluding hydrogens is 287 g/mol. The van der Waals surface area contributed by atoms with Gasteiger partial charge in [-0.2, -0.15) is 0 Å². The van der Waals surface area contributed by atoms with Gasteiger partial charge in [0.05, 0.1) is 3.57 Å². The largest absolute Gasteiger partial charge is 0.507 e. The van der Waals surface area contributed by atoms with Gasteiger partial charge in [0.25, 0.3) is 0 Å². The predicted octanol–water partition coefficient (Wildman–Crippen LogP) is 2.01. The lowest BCUT2D eigenvalue weighted by Crippen LogP contribution is -1.97. The number of carboxylic acids is 1. The Labute approximate surface area is 89.5 Å². The first-order chi connectivity index (χ1) is 6.09. The number of rotatable bonds is 3. The average molecular weight is 296 g/mol. The summed E-state index contributed by atoms with van der Waals surface area (Å²) < 4.78 is 0.750. The van der Waals surface area contributed by atoms with Crippen LogP contribution < -0.4 is 0 Å². The smallest absolute Gasteiger partial charge is 0.303 e. The Morgan fingerprint density at radius 3 is 2.69 bits per heavy atom. The van der Waals surface area contributed by atoms with Crippen molar-refractivity contribution in [3.63, 3.8) is 0 Å². The van der Waals surface area contributed by atoms with Crippen LogP contribution in [0.5, 0.6) is 5.75 Å². The van der Waals surface area contributed by atoms with Crippen LogP contribution in [0.2, 0.25) is 0 Å². The number of halogens is 1. The molecule has 0 unspecified atom stereocenters. The Hall–Kier alpha value is -0.780. The van der Waals surface area contributed by atoms with E-state index < -0.39 is 5.97 Å². The van der Waals surface area contributed by atoms with E-state index in [4.69, 9.17) is 5.11 Å². The van der Waals surface area contributed by atoms with Gasteiger partial charge in [-0.3, -0.25) is 4.79 Å². The van der Waals surface area contributed by atoms with Crippen molar-refractivity contribution in [1.82, 2.24) is 0 Å². The minimum absolute atomic E-state index is 0.126. The third-order valence-corrected chi connectivity index (χ3v) is 2.50. The van der Waals surface area contributed by atoms with E-state index in [2.05, 4.69) is 0 Å². The van der Waals surface area contributed by atoms with Gasteiger partial charge in [-0.25, -0.2) is 0 Å². The minimum atomic E-state index is -0.803. The molecule has 0 atom stereocenters. The zero-order valence-corrected chi connectivity index (χ0v) is 8.98. The zero-order chi connectivity index (χ0) is 9.84. The van der Waals surface area contributed by atoms with E-state index in [9.17, 15) is 9.90 Å². The zero-order valence-electron chi connectivity index (χ0n) is 6.83. The maximum Gasteiger partial charge on any atom is 0.303 e. The Morgan fingerprint density at radius 1 is 1.46 bits per heavy atom. The van der Waals surface area contributed by atoms with Gasteiger partial charge in [0, 0.05) is 6.42 Å². The van der Waals surface area contributed by atoms with Crippen LogP contribution in [-0.2, 0) is 11.2 Å². The van der Waals surface area contributed by atoms with E-state index in [1.54, 1.807) is 18.2 Å². The molecule has 4 heteroatoms. The van der Waals surface area contributed by atoms with E-state index in [0.29, 0.717) is 6.42 Å². The molecule has 0 radical (unpaired) electrons. The maximum absolute atomic E-state index is 10.3. The quantitative estimate of drug-likeness (QED) is 0.839. The first-order valence-electron chi connectivity index (χ1n) is 3.79. The molecule has 0 aliphatic carbocycles. The number of phenols is 1. The van der Waals surface area contributed by atoms with Gasteiger partial charge < -0.3 is 10.2 Å². The van der Waals surface area contributed by atoms with Gasteiger partial charge in [-0.15, -0.1) is 0 Å². The van der Waals surface area contributed by atoms with Crippen LogP contribution in [0.1, 0.15) is 12.0 Å². The van der Waals surface area contributed by atoms with Crippen molar-refractivity contribution in [1.29, 1.82) is 0 Å². The molecule has 13 heavy (non-hydrogen) atoms. The molecule has 0 fully saturated rings. The van der Waals surface area contributed by atoms with E-state index in [0.717, 1.165) is 9.13 Å². The molecule has 0 aromatic heterocycles. The maximum atomic E-state index is 10.3. The van der Waals surface area contributed by atoms with Crippen LogP contribution in [0, 0.1) is 3.57 Å². The third-order valence-electron chi connectivity index (χ3n) is 1.64. The van der Waals surface area contributed by atoms with Crippen LogP contribution in [0.25, 0.3) is 0 Å². The second kappa shape index (κ2) is 4.45. The lowest BCUT2D eigenvalue weighted by Gasteiger charge is -2.01. The summed E-state index contributed by atoms with van der Waals surface area (Å²) in [6, 6.07) is 5.11. The molecule has 2 N–H and O–H groups in total. The molecule has 70 valence electrons. The first kappa shape index (κ1) is 10.3. The molecule has 0 heterocycles. The van der Waals surface area contributed by atoms with Crippen LogP contribution >= 0.6 is 22.6 Å². The second-order valence-electron chi connectivity index (χ2n) is 2.68. The summed E-state index contributed by atoms with van der Waals surface area (Å²) in [5.74, 6) is -0.567. The summed E-state index contributed by atoms with van der Waals surface area (Å²) in [7, 11) is 0. The number of aryl methyl sites for hydroxylation is 1. The molecule has 0 amide bonds. The highest BCUT2D eigenvalue weighted by atomic mass is 131. The van der Waals surface area contributed by atoms with Crippen molar-refractivity contribution < 1.29 is 15.0 Å². The van der Waals surface area contributed by atoms with Crippen LogP contribution in [0.15, 0.2) is 18.2 Å². The fourth-order valence-electron chi connectivity index (χ4n) is 0.957. The topological polar surface area (TPSA) is 57.5 Å². The molecule has 0 spiro atoms. The number of phenolic OH excluding ortho intramolecular Hbond substituents is 1. The van der Waals surface area contributed by atoms with Crippen molar-refractivity contribution >= 4 is 28.6 Å². The van der Waals surface area contributed by atoms with Gasteiger partial charge in [0.2, 0.25) is 0 Å². The number of aliphatic carboxylic acids is 1. The number of hydrogen-bond donors (Lipinski definition) is 2. The molecule has 0 bridgehead atoms. The predicted molar refractivity (Wildman–Crippen MR) is 56.8 cm³/mol. The van der Waals surface area contributed by atoms with E-state index >= 15 is 0 Å². The molecule has 1 aromatic rings. The van der Waals surface area contributed by atoms with E-state index in [-0.39, 0.29) is 12.2 Å². The van der Waals surface area contributed by atoms with Crippen LogP contribution in [0.4, 0.5) is 0 Å². The highest BCUT2D eigenvalue weighted by molar-refractivity contribution is 14.1. The summed E-state index contributed by atoms with van der Waals surface area (Å²) in [6.45, 7) is 0. The molecule has 3 nitrogen and oxygen atoms in total. The lowest BCUT2D eigenvalue weighted by molar-refractivity contribution is -0.136. The number of aromatic hydroxyl groups is 1. The summed E-state index contributed by atoms with van der Waals surface area (Å²) in [5.41, 5.74) is 0.935. The Bertz CT molecular complexity index is 323. The first-order valence-corrected chi connectivity index (χ1v) is 4.86. The van der Waals surface area contributed by atoms with Gasteiger partial charge in [0.15, 0.2) is 0 Å². The molecule has 1 aromatic carbocycles. The highest BCUT2D eigenvalue weighted by Gasteiger charge is 2.01. The van der Waals surface area contributed by atoms with E-state index in [1.807, 2.05) is 22.6 Å². The minimum Gasteiger partial charge on any atom is -0.507 e. The molecule has 0 aliphatic rings. The van der Waals surface area contributed by atoms with Gasteiger partial charge in [-0.1, -0.05) is 6.07 Å². The van der Waals surface area contributed by atoms with Crippen molar-refractivity contribution in [3.05, 3.63) is 27.3 Å². The van der Waals surface area contributed by atoms with Crippen LogP contribution in [0.3, 0.4) is 0 Å². The molecule has 0 saturated carbocycles. The molecular formula is C9H9IO3. The number of carbonyl (C=O) groups is 1. The van der Waals surface area contributed by atoms with Crippen molar-refractivity contribution in [3.8, 4) is 5.75 Å². The fraction of sp³-hybridized carbons (Fsp3) is 0.222. The molecule has 0 aliphatic heterocycles. The van der Waals surface area contributed by atoms with Crippen LogP contribution in [-0.4, -0.2) is 16.2 Å². The molecule has 1 rings (SSSR count). The lowest BCUT2D eigenvalue weighted by atomic mass is 10.1. The highest BCUT2D eigenvalue weighted by Crippen LogP contribution is 2.20. The monoisotopic (exact) mass is 296 g/mol. The normalized spacial score (nSPS) is 9.92. The van der Waals surface area contributed by atoms with Gasteiger partial charge >= 0.3 is 5.97 Å². The third kappa shape index (κ3) is 3.22. The standard InChI is InChI=1S/C9H9IO3/c10-7-5-6(1-3-8(7)11)2-4-9(12)13/h1,3,5,11H,2,4H2,(H,12,13)/i10+4. The Kier molecular flexibility index (Phi) is 3.53. The molecule has 0 saturated heterocycles. The fourth-order valence-corrected chi connectivity index (χ4v) is 1.54.